The maximum Gasteiger partial charge on any atom is 0.342 e. The van der Waals surface area contributed by atoms with Crippen LogP contribution in [0.3, 0.4) is 0 Å². The molecule has 6 nitrogen and oxygen atoms in total. The third kappa shape index (κ3) is 4.53. The lowest BCUT2D eigenvalue weighted by atomic mass is 10.1. The molecule has 2 aromatic carbocycles. The Morgan fingerprint density at radius 2 is 1.56 bits per heavy atom. The molecule has 0 unspecified atom stereocenters. The van der Waals surface area contributed by atoms with E-state index in [4.69, 9.17) is 23.7 Å². The normalized spacial score (nSPS) is 10.1. The van der Waals surface area contributed by atoms with Crippen molar-refractivity contribution >= 4 is 5.97 Å². The summed E-state index contributed by atoms with van der Waals surface area (Å²) in [6.07, 6.45) is 0. The quantitative estimate of drug-likeness (QED) is 0.539. The molecule has 0 aliphatic carbocycles. The van der Waals surface area contributed by atoms with Gasteiger partial charge in [-0.3, -0.25) is 0 Å². The van der Waals surface area contributed by atoms with Crippen LogP contribution in [0, 0.1) is 5.82 Å². The lowest BCUT2D eigenvalue weighted by molar-refractivity contribution is 0.0446. The van der Waals surface area contributed by atoms with Crippen molar-refractivity contribution in [3.05, 3.63) is 47.8 Å². The molecule has 0 N–H and O–H groups in total. The van der Waals surface area contributed by atoms with E-state index in [0.29, 0.717) is 17.2 Å². The van der Waals surface area contributed by atoms with Gasteiger partial charge >= 0.3 is 5.97 Å². The van der Waals surface area contributed by atoms with Gasteiger partial charge in [-0.1, -0.05) is 0 Å². The Morgan fingerprint density at radius 1 is 0.880 bits per heavy atom. The minimum Gasteiger partial charge on any atom is -0.493 e. The number of methoxy groups -OCH3 is 3. The van der Waals surface area contributed by atoms with Crippen LogP contribution < -0.4 is 18.9 Å². The summed E-state index contributed by atoms with van der Waals surface area (Å²) in [6.45, 7) is 0.153. The topological polar surface area (TPSA) is 63.2 Å². The van der Waals surface area contributed by atoms with Gasteiger partial charge in [0.1, 0.15) is 30.3 Å². The van der Waals surface area contributed by atoms with E-state index in [1.54, 1.807) is 6.07 Å². The molecule has 0 spiro atoms. The van der Waals surface area contributed by atoms with Crippen LogP contribution >= 0.6 is 0 Å². The summed E-state index contributed by atoms with van der Waals surface area (Å²) in [6, 6.07) is 8.69. The van der Waals surface area contributed by atoms with Crippen molar-refractivity contribution in [2.45, 2.75) is 0 Å². The van der Waals surface area contributed by atoms with Crippen LogP contribution in [0.25, 0.3) is 0 Å². The molecule has 0 atom stereocenters. The van der Waals surface area contributed by atoms with Crippen LogP contribution in [0.2, 0.25) is 0 Å². The van der Waals surface area contributed by atoms with Crippen molar-refractivity contribution in [3.8, 4) is 23.0 Å². The van der Waals surface area contributed by atoms with Gasteiger partial charge in [-0.2, -0.15) is 0 Å². The van der Waals surface area contributed by atoms with Gasteiger partial charge in [0, 0.05) is 0 Å². The van der Waals surface area contributed by atoms with E-state index in [9.17, 15) is 9.18 Å². The van der Waals surface area contributed by atoms with E-state index in [2.05, 4.69) is 0 Å². The molecule has 0 bridgehead atoms. The fourth-order valence-electron chi connectivity index (χ4n) is 2.16. The number of rotatable bonds is 8. The number of hydrogen-bond donors (Lipinski definition) is 0. The van der Waals surface area contributed by atoms with Crippen molar-refractivity contribution < 1.29 is 32.9 Å². The highest BCUT2D eigenvalue weighted by Gasteiger charge is 2.21. The average molecular weight is 350 g/mol. The fourth-order valence-corrected chi connectivity index (χ4v) is 2.16. The van der Waals surface area contributed by atoms with Crippen LogP contribution in [-0.4, -0.2) is 40.5 Å². The summed E-state index contributed by atoms with van der Waals surface area (Å²) in [7, 11) is 4.36. The lowest BCUT2D eigenvalue weighted by Gasteiger charge is -2.15. The predicted molar refractivity (Wildman–Crippen MR) is 88.3 cm³/mol. The van der Waals surface area contributed by atoms with E-state index < -0.39 is 5.97 Å². The second-order valence-electron chi connectivity index (χ2n) is 4.82. The Kier molecular flexibility index (Phi) is 6.45. The molecule has 7 heteroatoms. The van der Waals surface area contributed by atoms with E-state index >= 15 is 0 Å². The van der Waals surface area contributed by atoms with Crippen molar-refractivity contribution in [1.82, 2.24) is 0 Å². The molecule has 2 aromatic rings. The summed E-state index contributed by atoms with van der Waals surface area (Å²) in [5.74, 6) is 0.532. The first-order valence-electron chi connectivity index (χ1n) is 7.45. The number of carbonyl (C=O) groups excluding carboxylic acids is 1. The predicted octanol–water partition coefficient (Wildman–Crippen LogP) is 3.09. The highest BCUT2D eigenvalue weighted by Crippen LogP contribution is 2.39. The largest absolute Gasteiger partial charge is 0.493 e. The number of hydrogen-bond acceptors (Lipinski definition) is 6. The van der Waals surface area contributed by atoms with Crippen LogP contribution in [-0.2, 0) is 4.74 Å². The molecule has 0 saturated heterocycles. The molecule has 0 radical (unpaired) electrons. The standard InChI is InChI=1S/C18H19FO6/c1-21-15-9-8-14(16(22-2)17(15)23-3)18(20)25-11-10-24-13-6-4-12(19)5-7-13/h4-9H,10-11H2,1-3H3. The minimum absolute atomic E-state index is 0.0215. The Balaban J connectivity index is 1.97. The highest BCUT2D eigenvalue weighted by atomic mass is 19.1. The second-order valence-corrected chi connectivity index (χ2v) is 4.82. The Hall–Kier alpha value is -2.96. The molecular weight excluding hydrogens is 331 g/mol. The maximum atomic E-state index is 12.8. The van der Waals surface area contributed by atoms with E-state index in [0.717, 1.165) is 0 Å². The van der Waals surface area contributed by atoms with E-state index in [-0.39, 0.29) is 30.3 Å². The van der Waals surface area contributed by atoms with Crippen molar-refractivity contribution in [2.24, 2.45) is 0 Å². The molecule has 0 aliphatic rings. The molecule has 0 heterocycles. The molecule has 0 amide bonds. The summed E-state index contributed by atoms with van der Waals surface area (Å²) >= 11 is 0. The lowest BCUT2D eigenvalue weighted by Crippen LogP contribution is -2.13. The second kappa shape index (κ2) is 8.77. The maximum absolute atomic E-state index is 12.8. The highest BCUT2D eigenvalue weighted by molar-refractivity contribution is 5.94. The van der Waals surface area contributed by atoms with Crippen molar-refractivity contribution in [3.63, 3.8) is 0 Å². The number of esters is 1. The summed E-state index contributed by atoms with van der Waals surface area (Å²) in [4.78, 5) is 12.2. The average Bonchev–Trinajstić information content (AvgIpc) is 2.64. The SMILES string of the molecule is COc1ccc(C(=O)OCCOc2ccc(F)cc2)c(OC)c1OC. The third-order valence-electron chi connectivity index (χ3n) is 3.32. The minimum atomic E-state index is -0.583. The number of carbonyl (C=O) groups is 1. The van der Waals surface area contributed by atoms with E-state index in [1.807, 2.05) is 0 Å². The molecule has 0 aliphatic heterocycles. The van der Waals surface area contributed by atoms with Gasteiger partial charge in [-0.15, -0.1) is 0 Å². The van der Waals surface area contributed by atoms with E-state index in [1.165, 1.54) is 51.7 Å². The first kappa shape index (κ1) is 18.4. The molecule has 25 heavy (non-hydrogen) atoms. The molecule has 0 fully saturated rings. The first-order chi connectivity index (χ1) is 12.1. The smallest absolute Gasteiger partial charge is 0.342 e. The van der Waals surface area contributed by atoms with Gasteiger partial charge in [-0.25, -0.2) is 9.18 Å². The monoisotopic (exact) mass is 350 g/mol. The summed E-state index contributed by atoms with van der Waals surface area (Å²) < 4.78 is 39.0. The zero-order valence-electron chi connectivity index (χ0n) is 14.2. The Labute approximate surface area is 145 Å². The summed E-state index contributed by atoms with van der Waals surface area (Å²) in [5, 5.41) is 0. The van der Waals surface area contributed by atoms with Crippen molar-refractivity contribution in [1.29, 1.82) is 0 Å². The number of halogens is 1. The van der Waals surface area contributed by atoms with Crippen LogP contribution in [0.5, 0.6) is 23.0 Å². The van der Waals surface area contributed by atoms with Crippen molar-refractivity contribution in [2.75, 3.05) is 34.5 Å². The van der Waals surface area contributed by atoms with Gasteiger partial charge in [0.05, 0.1) is 21.3 Å². The Bertz CT molecular complexity index is 714. The van der Waals surface area contributed by atoms with Gasteiger partial charge in [0.15, 0.2) is 11.5 Å². The zero-order valence-corrected chi connectivity index (χ0v) is 14.2. The Morgan fingerprint density at radius 3 is 2.16 bits per heavy atom. The third-order valence-corrected chi connectivity index (χ3v) is 3.32. The van der Waals surface area contributed by atoms with Gasteiger partial charge < -0.3 is 23.7 Å². The number of benzene rings is 2. The zero-order chi connectivity index (χ0) is 18.2. The van der Waals surface area contributed by atoms with Gasteiger partial charge in [0.2, 0.25) is 5.75 Å². The summed E-state index contributed by atoms with van der Waals surface area (Å²) in [5.41, 5.74) is 0.210. The number of ether oxygens (including phenoxy) is 5. The fraction of sp³-hybridized carbons (Fsp3) is 0.278. The molecule has 0 saturated carbocycles. The van der Waals surface area contributed by atoms with Crippen LogP contribution in [0.4, 0.5) is 4.39 Å². The van der Waals surface area contributed by atoms with Crippen LogP contribution in [0.15, 0.2) is 36.4 Å². The molecular formula is C18H19FO6. The van der Waals surface area contributed by atoms with Gasteiger partial charge in [0.25, 0.3) is 0 Å². The van der Waals surface area contributed by atoms with Crippen LogP contribution in [0.1, 0.15) is 10.4 Å². The first-order valence-corrected chi connectivity index (χ1v) is 7.45. The molecule has 2 rings (SSSR count). The molecule has 134 valence electrons. The van der Waals surface area contributed by atoms with Gasteiger partial charge in [-0.05, 0) is 36.4 Å². The molecule has 0 aromatic heterocycles.